The molecule has 0 unspecified atom stereocenters. The van der Waals surface area contributed by atoms with E-state index < -0.39 is 11.0 Å². The van der Waals surface area contributed by atoms with Crippen LogP contribution in [-0.4, -0.2) is 21.1 Å². The third kappa shape index (κ3) is 4.52. The summed E-state index contributed by atoms with van der Waals surface area (Å²) in [6.07, 6.45) is 11.9. The van der Waals surface area contributed by atoms with E-state index in [9.17, 15) is 9.90 Å². The highest BCUT2D eigenvalue weighted by Gasteiger charge is 2.22. The minimum atomic E-state index is -0.577. The molecule has 1 aromatic heterocycles. The van der Waals surface area contributed by atoms with Crippen molar-refractivity contribution in [2.75, 3.05) is 0 Å². The van der Waals surface area contributed by atoms with E-state index >= 15 is 0 Å². The number of azo groups is 1. The van der Waals surface area contributed by atoms with Crippen LogP contribution in [0, 0.1) is 5.41 Å². The Morgan fingerprint density at radius 1 is 1.00 bits per heavy atom. The predicted octanol–water partition coefficient (Wildman–Crippen LogP) is 7.13. The molecule has 3 N–H and O–H groups in total. The first-order chi connectivity index (χ1) is 17.5. The lowest BCUT2D eigenvalue weighted by molar-refractivity contribution is 0.415. The molecule has 3 aromatic rings. The molecule has 0 amide bonds. The number of phenolic OH excluding ortho intramolecular Hbond substituents is 1. The zero-order valence-electron chi connectivity index (χ0n) is 20.3. The number of H-pyrrole nitrogens is 1. The van der Waals surface area contributed by atoms with Gasteiger partial charge in [-0.15, -0.1) is 30.0 Å². The number of phenols is 1. The van der Waals surface area contributed by atoms with Gasteiger partial charge in [-0.3, -0.25) is 9.89 Å². The van der Waals surface area contributed by atoms with Gasteiger partial charge in [-0.25, -0.2) is 4.68 Å². The second kappa shape index (κ2) is 10.6. The highest BCUT2D eigenvalue weighted by Crippen LogP contribution is 2.41. The number of nitrogens with zero attached hydrogens (tertiary/aromatic N) is 3. The fraction of sp³-hybridized carbons (Fsp3) is 0.241. The van der Waals surface area contributed by atoms with Gasteiger partial charge < -0.3 is 10.5 Å². The van der Waals surface area contributed by atoms with Gasteiger partial charge in [0.1, 0.15) is 17.1 Å². The zero-order chi connectivity index (χ0) is 25.7. The van der Waals surface area contributed by atoms with E-state index in [1.807, 2.05) is 24.3 Å². The number of para-hydroxylation sites is 1. The minimum absolute atomic E-state index is 0.00540. The van der Waals surface area contributed by atoms with E-state index in [0.717, 1.165) is 43.0 Å². The zero-order valence-corrected chi connectivity index (χ0v) is 20.3. The molecular formula is C29H31N5O2. The summed E-state index contributed by atoms with van der Waals surface area (Å²) in [7, 11) is 0. The van der Waals surface area contributed by atoms with Gasteiger partial charge in [0, 0.05) is 11.6 Å². The molecule has 0 aliphatic heterocycles. The smallest absolute Gasteiger partial charge is 0.299 e. The van der Waals surface area contributed by atoms with Crippen LogP contribution in [0.3, 0.4) is 0 Å². The third-order valence-electron chi connectivity index (χ3n) is 7.02. The molecule has 7 nitrogen and oxygen atoms in total. The maximum absolute atomic E-state index is 13.2. The minimum Gasteiger partial charge on any atom is -0.505 e. The summed E-state index contributed by atoms with van der Waals surface area (Å²) in [6, 6.07) is 12.8. The van der Waals surface area contributed by atoms with Crippen molar-refractivity contribution in [1.82, 2.24) is 9.78 Å². The van der Waals surface area contributed by atoms with Crippen molar-refractivity contribution in [3.8, 4) is 11.4 Å². The molecule has 0 atom stereocenters. The van der Waals surface area contributed by atoms with Crippen LogP contribution < -0.4 is 5.56 Å². The summed E-state index contributed by atoms with van der Waals surface area (Å²) in [6.45, 7) is 11.7. The highest BCUT2D eigenvalue weighted by molar-refractivity contribution is 5.81. The summed E-state index contributed by atoms with van der Waals surface area (Å²) in [5.41, 5.74) is 1.85. The number of hydrogen-bond donors (Lipinski definition) is 3. The van der Waals surface area contributed by atoms with Gasteiger partial charge in [0.05, 0.1) is 5.69 Å². The number of allylic oxidation sites excluding steroid dienone is 3. The Morgan fingerprint density at radius 3 is 2.28 bits per heavy atom. The first-order valence-corrected chi connectivity index (χ1v) is 12.1. The van der Waals surface area contributed by atoms with Crippen LogP contribution in [0.25, 0.3) is 5.69 Å². The lowest BCUT2D eigenvalue weighted by atomic mass is 9.81. The van der Waals surface area contributed by atoms with Crippen LogP contribution in [0.15, 0.2) is 95.5 Å². The number of nitrogens with one attached hydrogen (secondary N) is 2. The Hall–Kier alpha value is -4.26. The molecule has 36 heavy (non-hydrogen) atoms. The molecule has 1 saturated carbocycles. The number of aromatic amines is 1. The number of aromatic nitrogens is 2. The Morgan fingerprint density at radius 2 is 1.67 bits per heavy atom. The van der Waals surface area contributed by atoms with Crippen molar-refractivity contribution in [2.45, 2.75) is 43.4 Å². The van der Waals surface area contributed by atoms with Crippen molar-refractivity contribution < 1.29 is 5.11 Å². The van der Waals surface area contributed by atoms with Gasteiger partial charge in [-0.1, -0.05) is 61.8 Å². The molecule has 1 fully saturated rings. The van der Waals surface area contributed by atoms with Crippen molar-refractivity contribution in [1.29, 1.82) is 5.41 Å². The number of hydrogen-bond acceptors (Lipinski definition) is 5. The van der Waals surface area contributed by atoms with Crippen LogP contribution in [0.2, 0.25) is 0 Å². The Labute approximate surface area is 210 Å². The summed E-state index contributed by atoms with van der Waals surface area (Å²) in [5.74, 6) is 0.409. The fourth-order valence-corrected chi connectivity index (χ4v) is 4.80. The molecule has 2 aromatic carbocycles. The number of aromatic hydroxyl groups is 1. The van der Waals surface area contributed by atoms with E-state index in [2.05, 4.69) is 35.1 Å². The Balaban J connectivity index is 1.67. The van der Waals surface area contributed by atoms with E-state index in [4.69, 9.17) is 5.41 Å². The van der Waals surface area contributed by atoms with Gasteiger partial charge in [0.25, 0.3) is 5.56 Å². The molecule has 0 spiro atoms. The van der Waals surface area contributed by atoms with Gasteiger partial charge >= 0.3 is 0 Å². The lowest BCUT2D eigenvalue weighted by Gasteiger charge is -2.23. The monoisotopic (exact) mass is 481 g/mol. The molecule has 4 rings (SSSR count). The van der Waals surface area contributed by atoms with Crippen LogP contribution in [-0.2, 0) is 5.41 Å². The first-order valence-electron chi connectivity index (χ1n) is 12.1. The van der Waals surface area contributed by atoms with Gasteiger partial charge in [-0.2, -0.15) is 0 Å². The molecule has 0 radical (unpaired) electrons. The van der Waals surface area contributed by atoms with Gasteiger partial charge in [-0.05, 0) is 48.1 Å². The molecule has 0 saturated heterocycles. The van der Waals surface area contributed by atoms with Crippen LogP contribution in [0.5, 0.6) is 5.75 Å². The molecule has 1 heterocycles. The van der Waals surface area contributed by atoms with E-state index in [1.54, 1.807) is 36.4 Å². The van der Waals surface area contributed by atoms with Crippen molar-refractivity contribution in [3.05, 3.63) is 108 Å². The first kappa shape index (κ1) is 24.9. The maximum Gasteiger partial charge on any atom is 0.299 e. The van der Waals surface area contributed by atoms with Crippen LogP contribution >= 0.6 is 0 Å². The van der Waals surface area contributed by atoms with Crippen LogP contribution in [0.4, 0.5) is 11.4 Å². The number of rotatable bonds is 9. The van der Waals surface area contributed by atoms with Crippen molar-refractivity contribution >= 4 is 17.6 Å². The average Bonchev–Trinajstić information content (AvgIpc) is 3.25. The topological polar surface area (TPSA) is 107 Å². The van der Waals surface area contributed by atoms with E-state index in [-0.39, 0.29) is 17.1 Å². The Kier molecular flexibility index (Phi) is 7.29. The fourth-order valence-electron chi connectivity index (χ4n) is 4.80. The molecule has 1 aliphatic rings. The molecule has 184 valence electrons. The maximum atomic E-state index is 13.2. The van der Waals surface area contributed by atoms with Gasteiger partial charge in [0.15, 0.2) is 5.69 Å². The van der Waals surface area contributed by atoms with Crippen LogP contribution in [0.1, 0.15) is 54.8 Å². The largest absolute Gasteiger partial charge is 0.505 e. The summed E-state index contributed by atoms with van der Waals surface area (Å²) in [4.78, 5) is 13.2. The quantitative estimate of drug-likeness (QED) is 0.172. The molecule has 7 heteroatoms. The average molecular weight is 482 g/mol. The summed E-state index contributed by atoms with van der Waals surface area (Å²) < 4.78 is 1.31. The van der Waals surface area contributed by atoms with E-state index in [1.165, 1.54) is 11.1 Å². The second-order valence-electron chi connectivity index (χ2n) is 9.00. The van der Waals surface area contributed by atoms with E-state index in [0.29, 0.717) is 17.3 Å². The highest BCUT2D eigenvalue weighted by atomic mass is 16.3. The second-order valence-corrected chi connectivity index (χ2v) is 9.00. The normalized spacial score (nSPS) is 14.6. The lowest BCUT2D eigenvalue weighted by Crippen LogP contribution is -2.17. The van der Waals surface area contributed by atoms with Gasteiger partial charge in [0.2, 0.25) is 0 Å². The SMILES string of the molecule is C=CC(C=C)(C=C)c1ccc(-n2[nH]c(C=N)c(N=Nc3cccc(C4CCCCC4)c3O)c2=O)cc1. The van der Waals surface area contributed by atoms with Crippen molar-refractivity contribution in [3.63, 3.8) is 0 Å². The molecule has 0 bridgehead atoms. The Bertz CT molecular complexity index is 1350. The summed E-state index contributed by atoms with van der Waals surface area (Å²) >= 11 is 0. The molecule has 1 aliphatic carbocycles. The number of benzene rings is 2. The van der Waals surface area contributed by atoms with Crippen molar-refractivity contribution in [2.24, 2.45) is 10.2 Å². The molecular weight excluding hydrogens is 450 g/mol. The standard InChI is InChI=1S/C29H31N5O2/c1-4-29(5-2,6-3)21-15-17-22(18-16-21)34-28(36)26(25(19-30)33-34)32-31-24-14-10-13-23(27(24)35)20-11-8-7-9-12-20/h4-6,10,13-20,30,33,35H,1-3,7-9,11-12H2. The summed E-state index contributed by atoms with van der Waals surface area (Å²) in [5, 5.41) is 29.8. The third-order valence-corrected chi connectivity index (χ3v) is 7.02. The predicted molar refractivity (Wildman–Crippen MR) is 145 cm³/mol.